The number of ether oxygens (including phenoxy) is 2. The SMILES string of the molecule is CCCCOc1cc(C2(c3cccc(-c4cccnc4)c3)N=C(N)N(C)C2=O)ccc1OC. The molecule has 0 radical (unpaired) electrons. The minimum Gasteiger partial charge on any atom is -0.493 e. The third kappa shape index (κ3) is 4.02. The molecule has 0 aliphatic carbocycles. The Hall–Kier alpha value is -3.87. The van der Waals surface area contributed by atoms with Gasteiger partial charge in [-0.25, -0.2) is 4.99 Å². The number of pyridine rings is 1. The third-order valence-corrected chi connectivity index (χ3v) is 5.85. The van der Waals surface area contributed by atoms with Gasteiger partial charge in [-0.1, -0.05) is 43.7 Å². The summed E-state index contributed by atoms with van der Waals surface area (Å²) in [6.07, 6.45) is 5.45. The summed E-state index contributed by atoms with van der Waals surface area (Å²) < 4.78 is 11.5. The molecule has 1 aliphatic heterocycles. The first-order chi connectivity index (χ1) is 16.0. The molecule has 3 aromatic rings. The Morgan fingerprint density at radius 3 is 2.48 bits per heavy atom. The number of methoxy groups -OCH3 is 1. The van der Waals surface area contributed by atoms with E-state index < -0.39 is 5.54 Å². The zero-order chi connectivity index (χ0) is 23.4. The van der Waals surface area contributed by atoms with Gasteiger partial charge in [0.2, 0.25) is 0 Å². The topological polar surface area (TPSA) is 90.0 Å². The summed E-state index contributed by atoms with van der Waals surface area (Å²) >= 11 is 0. The van der Waals surface area contributed by atoms with Crippen LogP contribution in [0.2, 0.25) is 0 Å². The van der Waals surface area contributed by atoms with E-state index in [9.17, 15) is 4.79 Å². The molecule has 7 heteroatoms. The number of carbonyl (C=O) groups is 1. The van der Waals surface area contributed by atoms with Crippen molar-refractivity contribution < 1.29 is 14.3 Å². The van der Waals surface area contributed by atoms with Crippen LogP contribution in [-0.4, -0.2) is 42.5 Å². The van der Waals surface area contributed by atoms with Gasteiger partial charge in [-0.3, -0.25) is 14.7 Å². The second-order valence-electron chi connectivity index (χ2n) is 7.93. The highest BCUT2D eigenvalue weighted by Gasteiger charge is 2.50. The molecule has 0 saturated heterocycles. The number of hydrogen-bond acceptors (Lipinski definition) is 6. The number of aliphatic imine (C=N–C) groups is 1. The first kappa shape index (κ1) is 22.3. The van der Waals surface area contributed by atoms with Gasteiger partial charge in [-0.2, -0.15) is 0 Å². The van der Waals surface area contributed by atoms with Gasteiger partial charge in [0.1, 0.15) is 0 Å². The standard InChI is InChI=1S/C26H28N4O3/c1-4-5-14-33-23-16-21(11-12-22(23)32-3)26(24(31)30(2)25(27)29-26)20-10-6-8-18(15-20)19-9-7-13-28-17-19/h6-13,15-17H,4-5,14H2,1-3H3,(H2,27,29). The first-order valence-corrected chi connectivity index (χ1v) is 11.0. The number of nitrogens with two attached hydrogens (primary N) is 1. The van der Waals surface area contributed by atoms with Crippen LogP contribution in [0.4, 0.5) is 0 Å². The van der Waals surface area contributed by atoms with Crippen LogP contribution in [-0.2, 0) is 10.3 Å². The summed E-state index contributed by atoms with van der Waals surface area (Å²) in [5.74, 6) is 1.11. The summed E-state index contributed by atoms with van der Waals surface area (Å²) in [7, 11) is 3.23. The number of rotatable bonds is 8. The summed E-state index contributed by atoms with van der Waals surface area (Å²) in [5, 5.41) is 0. The van der Waals surface area contributed by atoms with E-state index >= 15 is 0 Å². The molecule has 1 aliphatic rings. The lowest BCUT2D eigenvalue weighted by molar-refractivity contribution is -0.129. The molecule has 2 N–H and O–H groups in total. The first-order valence-electron chi connectivity index (χ1n) is 11.0. The minimum absolute atomic E-state index is 0.163. The van der Waals surface area contributed by atoms with Crippen molar-refractivity contribution in [3.63, 3.8) is 0 Å². The van der Waals surface area contributed by atoms with Crippen LogP contribution in [0.1, 0.15) is 30.9 Å². The molecule has 0 spiro atoms. The van der Waals surface area contributed by atoms with Gasteiger partial charge in [0, 0.05) is 19.4 Å². The predicted octanol–water partition coefficient (Wildman–Crippen LogP) is 3.97. The average Bonchev–Trinajstić information content (AvgIpc) is 3.09. The highest BCUT2D eigenvalue weighted by atomic mass is 16.5. The van der Waals surface area contributed by atoms with Gasteiger partial charge in [0.25, 0.3) is 5.91 Å². The van der Waals surface area contributed by atoms with Crippen molar-refractivity contribution in [3.05, 3.63) is 78.1 Å². The van der Waals surface area contributed by atoms with Crippen LogP contribution in [0.3, 0.4) is 0 Å². The maximum Gasteiger partial charge on any atom is 0.266 e. The summed E-state index contributed by atoms with van der Waals surface area (Å²) in [6, 6.07) is 17.1. The van der Waals surface area contributed by atoms with Crippen LogP contribution < -0.4 is 15.2 Å². The fourth-order valence-corrected chi connectivity index (χ4v) is 3.98. The van der Waals surface area contributed by atoms with Crippen molar-refractivity contribution in [2.75, 3.05) is 20.8 Å². The smallest absolute Gasteiger partial charge is 0.266 e. The second-order valence-corrected chi connectivity index (χ2v) is 7.93. The number of unbranched alkanes of at least 4 members (excludes halogenated alkanes) is 1. The van der Waals surface area contributed by atoms with E-state index in [0.717, 1.165) is 24.0 Å². The van der Waals surface area contributed by atoms with Gasteiger partial charge < -0.3 is 15.2 Å². The van der Waals surface area contributed by atoms with Crippen LogP contribution in [0, 0.1) is 0 Å². The van der Waals surface area contributed by atoms with E-state index in [-0.39, 0.29) is 11.9 Å². The van der Waals surface area contributed by atoms with Crippen molar-refractivity contribution in [1.82, 2.24) is 9.88 Å². The maximum atomic E-state index is 13.7. The van der Waals surface area contributed by atoms with E-state index in [0.29, 0.717) is 29.2 Å². The molecule has 1 unspecified atom stereocenters. The zero-order valence-electron chi connectivity index (χ0n) is 19.1. The molecular formula is C26H28N4O3. The Kier molecular flexibility index (Phi) is 6.31. The Morgan fingerprint density at radius 1 is 1.03 bits per heavy atom. The van der Waals surface area contributed by atoms with Crippen molar-refractivity contribution in [2.45, 2.75) is 25.3 Å². The van der Waals surface area contributed by atoms with Crippen LogP contribution in [0.5, 0.6) is 11.5 Å². The molecule has 4 rings (SSSR count). The molecule has 1 atom stereocenters. The molecule has 0 bridgehead atoms. The number of hydrogen-bond donors (Lipinski definition) is 1. The molecule has 7 nitrogen and oxygen atoms in total. The van der Waals surface area contributed by atoms with Crippen molar-refractivity contribution >= 4 is 11.9 Å². The van der Waals surface area contributed by atoms with Crippen molar-refractivity contribution in [1.29, 1.82) is 0 Å². The number of amides is 1. The monoisotopic (exact) mass is 444 g/mol. The molecule has 0 fully saturated rings. The fraction of sp³-hybridized carbons (Fsp3) is 0.269. The maximum absolute atomic E-state index is 13.7. The number of likely N-dealkylation sites (N-methyl/N-ethyl adjacent to an activating group) is 1. The number of nitrogens with zero attached hydrogens (tertiary/aromatic N) is 3. The lowest BCUT2D eigenvalue weighted by atomic mass is 9.81. The lowest BCUT2D eigenvalue weighted by Crippen LogP contribution is -2.41. The highest BCUT2D eigenvalue weighted by molar-refractivity contribution is 6.09. The van der Waals surface area contributed by atoms with E-state index in [1.807, 2.05) is 48.5 Å². The lowest BCUT2D eigenvalue weighted by Gasteiger charge is -2.27. The van der Waals surface area contributed by atoms with Crippen LogP contribution in [0.25, 0.3) is 11.1 Å². The summed E-state index contributed by atoms with van der Waals surface area (Å²) in [5.41, 5.74) is 8.08. The zero-order valence-corrected chi connectivity index (χ0v) is 19.1. The molecule has 33 heavy (non-hydrogen) atoms. The van der Waals surface area contributed by atoms with Crippen LogP contribution >= 0.6 is 0 Å². The molecular weight excluding hydrogens is 416 g/mol. The average molecular weight is 445 g/mol. The Morgan fingerprint density at radius 2 is 1.82 bits per heavy atom. The van der Waals surface area contributed by atoms with Gasteiger partial charge in [0.05, 0.1) is 13.7 Å². The van der Waals surface area contributed by atoms with E-state index in [1.54, 1.807) is 32.6 Å². The molecule has 1 aromatic heterocycles. The van der Waals surface area contributed by atoms with Crippen molar-refractivity contribution in [3.8, 4) is 22.6 Å². The summed E-state index contributed by atoms with van der Waals surface area (Å²) in [4.78, 5) is 24.0. The molecule has 0 saturated carbocycles. The molecule has 1 amide bonds. The van der Waals surface area contributed by atoms with E-state index in [2.05, 4.69) is 11.9 Å². The third-order valence-electron chi connectivity index (χ3n) is 5.85. The van der Waals surface area contributed by atoms with Gasteiger partial charge in [-0.05, 0) is 52.9 Å². The van der Waals surface area contributed by atoms with E-state index in [4.69, 9.17) is 20.2 Å². The van der Waals surface area contributed by atoms with E-state index in [1.165, 1.54) is 4.90 Å². The highest BCUT2D eigenvalue weighted by Crippen LogP contribution is 2.43. The quantitative estimate of drug-likeness (QED) is 0.531. The minimum atomic E-state index is -1.33. The van der Waals surface area contributed by atoms with Crippen molar-refractivity contribution in [2.24, 2.45) is 10.7 Å². The molecule has 170 valence electrons. The predicted molar refractivity (Wildman–Crippen MR) is 128 cm³/mol. The normalized spacial score (nSPS) is 17.7. The van der Waals surface area contributed by atoms with Gasteiger partial charge >= 0.3 is 0 Å². The van der Waals surface area contributed by atoms with Gasteiger partial charge in [-0.15, -0.1) is 0 Å². The van der Waals surface area contributed by atoms with Crippen LogP contribution in [0.15, 0.2) is 72.0 Å². The summed E-state index contributed by atoms with van der Waals surface area (Å²) in [6.45, 7) is 2.66. The Balaban J connectivity index is 1.88. The number of aromatic nitrogens is 1. The Labute approximate surface area is 193 Å². The Bertz CT molecular complexity index is 1180. The van der Waals surface area contributed by atoms with Gasteiger partial charge in [0.15, 0.2) is 23.0 Å². The fourth-order valence-electron chi connectivity index (χ4n) is 3.98. The number of carbonyl (C=O) groups excluding carboxylic acids is 1. The largest absolute Gasteiger partial charge is 0.493 e. The molecule has 2 aromatic carbocycles. The molecule has 2 heterocycles. The number of guanidine groups is 1. The number of benzene rings is 2. The second kappa shape index (κ2) is 9.32.